The average Bonchev–Trinajstić information content (AvgIpc) is 2.99. The third-order valence-corrected chi connectivity index (χ3v) is 3.79. The number of piperidine rings is 1. The van der Waals surface area contributed by atoms with Crippen LogP contribution in [0.3, 0.4) is 0 Å². The van der Waals surface area contributed by atoms with E-state index < -0.39 is 0 Å². The molecule has 0 unspecified atom stereocenters. The predicted molar refractivity (Wildman–Crippen MR) is 74.4 cm³/mol. The van der Waals surface area contributed by atoms with E-state index in [-0.39, 0.29) is 25.9 Å². The first-order valence-corrected chi connectivity index (χ1v) is 7.22. The van der Waals surface area contributed by atoms with Crippen LogP contribution < -0.4 is 14.2 Å². The number of aliphatic hydroxyl groups is 1. The Morgan fingerprint density at radius 2 is 1.90 bits per heavy atom. The van der Waals surface area contributed by atoms with Gasteiger partial charge in [-0.25, -0.2) is 0 Å². The van der Waals surface area contributed by atoms with Crippen molar-refractivity contribution in [2.75, 3.05) is 26.5 Å². The molecule has 0 atom stereocenters. The Morgan fingerprint density at radius 3 is 2.62 bits per heavy atom. The van der Waals surface area contributed by atoms with Gasteiger partial charge in [0.05, 0.1) is 6.61 Å². The highest BCUT2D eigenvalue weighted by Crippen LogP contribution is 2.38. The monoisotopic (exact) mass is 293 g/mol. The Kier molecular flexibility index (Phi) is 4.15. The van der Waals surface area contributed by atoms with E-state index >= 15 is 0 Å². The molecule has 1 N–H and O–H groups in total. The van der Waals surface area contributed by atoms with Crippen LogP contribution in [0.5, 0.6) is 17.2 Å². The molecule has 0 spiro atoms. The van der Waals surface area contributed by atoms with Crippen LogP contribution in [0, 0.1) is 0 Å². The molecule has 3 rings (SSSR count). The normalized spacial score (nSPS) is 16.9. The summed E-state index contributed by atoms with van der Waals surface area (Å²) in [4.78, 5) is 13.9. The molecule has 6 heteroatoms. The van der Waals surface area contributed by atoms with Gasteiger partial charge in [-0.3, -0.25) is 4.79 Å². The Labute approximate surface area is 123 Å². The Morgan fingerprint density at radius 1 is 1.19 bits per heavy atom. The average molecular weight is 293 g/mol. The van der Waals surface area contributed by atoms with E-state index in [4.69, 9.17) is 14.2 Å². The van der Waals surface area contributed by atoms with Crippen molar-refractivity contribution in [1.82, 2.24) is 4.90 Å². The van der Waals surface area contributed by atoms with Gasteiger partial charge in [-0.1, -0.05) is 0 Å². The lowest BCUT2D eigenvalue weighted by Crippen LogP contribution is -2.38. The number of nitrogens with zero attached hydrogens (tertiary/aromatic N) is 1. The number of amides is 1. The van der Waals surface area contributed by atoms with Crippen molar-refractivity contribution >= 4 is 5.91 Å². The van der Waals surface area contributed by atoms with Crippen molar-refractivity contribution in [3.63, 3.8) is 0 Å². The van der Waals surface area contributed by atoms with Crippen LogP contribution in [0.4, 0.5) is 0 Å². The molecule has 1 aromatic rings. The van der Waals surface area contributed by atoms with Crippen LogP contribution in [0.2, 0.25) is 0 Å². The summed E-state index contributed by atoms with van der Waals surface area (Å²) >= 11 is 0. The molecule has 0 bridgehead atoms. The summed E-state index contributed by atoms with van der Waals surface area (Å²) in [5.74, 6) is 1.62. The van der Waals surface area contributed by atoms with Crippen molar-refractivity contribution < 1.29 is 24.1 Å². The van der Waals surface area contributed by atoms with E-state index in [2.05, 4.69) is 0 Å². The maximum Gasteiger partial charge on any atom is 0.260 e. The van der Waals surface area contributed by atoms with Crippen LogP contribution in [-0.4, -0.2) is 42.4 Å². The van der Waals surface area contributed by atoms with Crippen molar-refractivity contribution in [2.24, 2.45) is 0 Å². The molecule has 0 aromatic heterocycles. The van der Waals surface area contributed by atoms with Gasteiger partial charge in [0.1, 0.15) is 5.75 Å². The van der Waals surface area contributed by atoms with Crippen LogP contribution in [0.15, 0.2) is 12.1 Å². The summed E-state index contributed by atoms with van der Waals surface area (Å²) < 4.78 is 16.1. The van der Waals surface area contributed by atoms with Crippen molar-refractivity contribution in [2.45, 2.75) is 25.9 Å². The number of rotatable bonds is 4. The third-order valence-electron chi connectivity index (χ3n) is 3.79. The Hall–Kier alpha value is -1.95. The van der Waals surface area contributed by atoms with E-state index in [0.29, 0.717) is 22.8 Å². The largest absolute Gasteiger partial charge is 0.483 e. The molecule has 1 fully saturated rings. The van der Waals surface area contributed by atoms with Crippen molar-refractivity contribution in [3.05, 3.63) is 17.7 Å². The molecule has 1 aromatic carbocycles. The molecule has 1 amide bonds. The van der Waals surface area contributed by atoms with E-state index in [1.807, 2.05) is 4.90 Å². The number of carbonyl (C=O) groups excluding carboxylic acids is 1. The lowest BCUT2D eigenvalue weighted by atomic mass is 10.1. The highest BCUT2D eigenvalue weighted by molar-refractivity contribution is 5.78. The Balaban J connectivity index is 1.65. The van der Waals surface area contributed by atoms with Crippen LogP contribution in [0.25, 0.3) is 0 Å². The highest BCUT2D eigenvalue weighted by atomic mass is 16.7. The lowest BCUT2D eigenvalue weighted by molar-refractivity contribution is -0.134. The quantitative estimate of drug-likeness (QED) is 0.906. The van der Waals surface area contributed by atoms with Crippen LogP contribution in [0.1, 0.15) is 24.8 Å². The molecule has 2 heterocycles. The number of likely N-dealkylation sites (tertiary alicyclic amines) is 1. The smallest absolute Gasteiger partial charge is 0.260 e. The molecule has 1 saturated heterocycles. The minimum Gasteiger partial charge on any atom is -0.483 e. The molecule has 2 aliphatic heterocycles. The summed E-state index contributed by atoms with van der Waals surface area (Å²) in [5.41, 5.74) is 0.589. The van der Waals surface area contributed by atoms with Crippen molar-refractivity contribution in [3.8, 4) is 17.2 Å². The van der Waals surface area contributed by atoms with Crippen LogP contribution in [-0.2, 0) is 11.4 Å². The number of fused-ring (bicyclic) bond motifs is 1. The minimum absolute atomic E-state index is 0.0174. The highest BCUT2D eigenvalue weighted by Gasteiger charge is 2.20. The maximum absolute atomic E-state index is 12.1. The van der Waals surface area contributed by atoms with Gasteiger partial charge < -0.3 is 24.2 Å². The summed E-state index contributed by atoms with van der Waals surface area (Å²) in [6.45, 7) is 1.57. The molecule has 0 radical (unpaired) electrons. The summed E-state index contributed by atoms with van der Waals surface area (Å²) in [6.07, 6.45) is 3.29. The molecular weight excluding hydrogens is 274 g/mol. The number of ether oxygens (including phenoxy) is 3. The molecule has 0 saturated carbocycles. The van der Waals surface area contributed by atoms with E-state index in [1.54, 1.807) is 12.1 Å². The number of carbonyl (C=O) groups is 1. The fourth-order valence-electron chi connectivity index (χ4n) is 2.60. The number of hydrogen-bond donors (Lipinski definition) is 1. The van der Waals surface area contributed by atoms with Gasteiger partial charge in [0, 0.05) is 24.7 Å². The van der Waals surface area contributed by atoms with Gasteiger partial charge in [0.15, 0.2) is 18.1 Å². The number of hydrogen-bond acceptors (Lipinski definition) is 5. The standard InChI is InChI=1S/C15H19NO5/c17-8-11-6-13-14(21-10-20-13)7-12(11)19-9-15(18)16-4-2-1-3-5-16/h6-7,17H,1-5,8-10H2. The van der Waals surface area contributed by atoms with Gasteiger partial charge in [-0.05, 0) is 25.3 Å². The SMILES string of the molecule is O=C(COc1cc2c(cc1CO)OCO2)N1CCCCC1. The number of aliphatic hydroxyl groups excluding tert-OH is 1. The first-order chi connectivity index (χ1) is 10.3. The van der Waals surface area contributed by atoms with E-state index in [9.17, 15) is 9.90 Å². The summed E-state index contributed by atoms with van der Waals surface area (Å²) in [7, 11) is 0. The van der Waals surface area contributed by atoms with E-state index in [0.717, 1.165) is 25.9 Å². The first kappa shape index (κ1) is 14.0. The third kappa shape index (κ3) is 3.05. The Bertz CT molecular complexity index is 525. The second-order valence-corrected chi connectivity index (χ2v) is 5.20. The number of benzene rings is 1. The van der Waals surface area contributed by atoms with Gasteiger partial charge in [-0.15, -0.1) is 0 Å². The van der Waals surface area contributed by atoms with Crippen molar-refractivity contribution in [1.29, 1.82) is 0 Å². The van der Waals surface area contributed by atoms with Gasteiger partial charge in [0.25, 0.3) is 5.91 Å². The molecule has 21 heavy (non-hydrogen) atoms. The molecule has 114 valence electrons. The van der Waals surface area contributed by atoms with Crippen LogP contribution >= 0.6 is 0 Å². The molecule has 6 nitrogen and oxygen atoms in total. The van der Waals surface area contributed by atoms with Gasteiger partial charge in [-0.2, -0.15) is 0 Å². The zero-order chi connectivity index (χ0) is 14.7. The molecule has 2 aliphatic rings. The fourth-order valence-corrected chi connectivity index (χ4v) is 2.60. The first-order valence-electron chi connectivity index (χ1n) is 7.22. The van der Waals surface area contributed by atoms with Gasteiger partial charge >= 0.3 is 0 Å². The van der Waals surface area contributed by atoms with Gasteiger partial charge in [0.2, 0.25) is 6.79 Å². The second-order valence-electron chi connectivity index (χ2n) is 5.20. The molecule has 0 aliphatic carbocycles. The maximum atomic E-state index is 12.1. The summed E-state index contributed by atoms with van der Waals surface area (Å²) in [6, 6.07) is 3.35. The summed E-state index contributed by atoms with van der Waals surface area (Å²) in [5, 5.41) is 9.39. The zero-order valence-electron chi connectivity index (χ0n) is 11.8. The topological polar surface area (TPSA) is 68.2 Å². The van der Waals surface area contributed by atoms with E-state index in [1.165, 1.54) is 6.42 Å². The molecular formula is C15H19NO5. The zero-order valence-corrected chi connectivity index (χ0v) is 11.8. The fraction of sp³-hybridized carbons (Fsp3) is 0.533. The second kappa shape index (κ2) is 6.22. The predicted octanol–water partition coefficient (Wildman–Crippen LogP) is 1.30. The lowest BCUT2D eigenvalue weighted by Gasteiger charge is -2.26. The minimum atomic E-state index is -0.177.